The van der Waals surface area contributed by atoms with Gasteiger partial charge in [0.05, 0.1) is 10.2 Å². The van der Waals surface area contributed by atoms with E-state index in [1.54, 1.807) is 18.2 Å². The fraction of sp³-hybridized carbons (Fsp3) is 0. The van der Waals surface area contributed by atoms with Crippen molar-refractivity contribution in [3.63, 3.8) is 0 Å². The standard InChI is InChI=1S/C13H10N4OS/c14-11-7-3-5-9(15-11)12(18)17-13-16-8-4-1-2-6-10(8)19-13/h1-7H,(H2,14,15)(H,16,17,18). The van der Waals surface area contributed by atoms with Crippen LogP contribution in [0.15, 0.2) is 42.5 Å². The smallest absolute Gasteiger partial charge is 0.276 e. The van der Waals surface area contributed by atoms with Gasteiger partial charge in [-0.05, 0) is 24.3 Å². The van der Waals surface area contributed by atoms with Crippen LogP contribution in [0.2, 0.25) is 0 Å². The summed E-state index contributed by atoms with van der Waals surface area (Å²) in [5, 5.41) is 3.28. The summed E-state index contributed by atoms with van der Waals surface area (Å²) < 4.78 is 1.03. The summed E-state index contributed by atoms with van der Waals surface area (Å²) in [6.45, 7) is 0. The van der Waals surface area contributed by atoms with Crippen molar-refractivity contribution in [2.24, 2.45) is 0 Å². The summed E-state index contributed by atoms with van der Waals surface area (Å²) in [5.41, 5.74) is 6.69. The summed E-state index contributed by atoms with van der Waals surface area (Å²) >= 11 is 1.42. The summed E-state index contributed by atoms with van der Waals surface area (Å²) in [4.78, 5) is 20.3. The average Bonchev–Trinajstić information content (AvgIpc) is 2.80. The van der Waals surface area contributed by atoms with E-state index < -0.39 is 0 Å². The number of carbonyl (C=O) groups excluding carboxylic acids is 1. The van der Waals surface area contributed by atoms with Crippen molar-refractivity contribution in [1.82, 2.24) is 9.97 Å². The topological polar surface area (TPSA) is 80.9 Å². The maximum absolute atomic E-state index is 12.0. The van der Waals surface area contributed by atoms with Gasteiger partial charge in [0, 0.05) is 0 Å². The maximum atomic E-state index is 12.0. The van der Waals surface area contributed by atoms with Crippen LogP contribution in [0.25, 0.3) is 10.2 Å². The zero-order valence-corrected chi connectivity index (χ0v) is 10.6. The minimum Gasteiger partial charge on any atom is -0.384 e. The highest BCUT2D eigenvalue weighted by molar-refractivity contribution is 7.22. The third kappa shape index (κ3) is 2.38. The molecule has 3 rings (SSSR count). The van der Waals surface area contributed by atoms with Crippen LogP contribution in [0.3, 0.4) is 0 Å². The van der Waals surface area contributed by atoms with E-state index in [-0.39, 0.29) is 11.6 Å². The number of para-hydroxylation sites is 1. The number of carbonyl (C=O) groups is 1. The Morgan fingerprint density at radius 1 is 1.11 bits per heavy atom. The van der Waals surface area contributed by atoms with Gasteiger partial charge in [0.25, 0.3) is 5.91 Å². The zero-order chi connectivity index (χ0) is 13.2. The lowest BCUT2D eigenvalue weighted by Crippen LogP contribution is -2.13. The van der Waals surface area contributed by atoms with Gasteiger partial charge in [-0.1, -0.05) is 29.5 Å². The van der Waals surface area contributed by atoms with E-state index in [1.807, 2.05) is 24.3 Å². The highest BCUT2D eigenvalue weighted by Gasteiger charge is 2.10. The van der Waals surface area contributed by atoms with Crippen LogP contribution in [0.5, 0.6) is 0 Å². The number of fused-ring (bicyclic) bond motifs is 1. The molecule has 0 saturated heterocycles. The summed E-state index contributed by atoms with van der Waals surface area (Å²) in [6.07, 6.45) is 0. The number of aromatic nitrogens is 2. The molecular weight excluding hydrogens is 260 g/mol. The highest BCUT2D eigenvalue weighted by Crippen LogP contribution is 2.25. The van der Waals surface area contributed by atoms with E-state index in [1.165, 1.54) is 11.3 Å². The first-order valence-electron chi connectivity index (χ1n) is 5.62. The Morgan fingerprint density at radius 2 is 1.95 bits per heavy atom. The molecule has 0 aliphatic carbocycles. The molecule has 19 heavy (non-hydrogen) atoms. The van der Waals surface area contributed by atoms with Crippen LogP contribution in [0, 0.1) is 0 Å². The second-order valence-electron chi connectivity index (χ2n) is 3.89. The minimum atomic E-state index is -0.314. The Kier molecular flexibility index (Phi) is 2.85. The number of rotatable bonds is 2. The molecule has 0 atom stereocenters. The van der Waals surface area contributed by atoms with Gasteiger partial charge in [-0.25, -0.2) is 9.97 Å². The number of amides is 1. The molecule has 0 bridgehead atoms. The second kappa shape index (κ2) is 4.66. The molecule has 6 heteroatoms. The normalized spacial score (nSPS) is 10.5. The van der Waals surface area contributed by atoms with Crippen molar-refractivity contribution in [2.45, 2.75) is 0 Å². The number of thiazole rings is 1. The molecule has 0 saturated carbocycles. The molecule has 0 unspecified atom stereocenters. The van der Waals surface area contributed by atoms with Crippen molar-refractivity contribution in [1.29, 1.82) is 0 Å². The zero-order valence-electron chi connectivity index (χ0n) is 9.83. The second-order valence-corrected chi connectivity index (χ2v) is 4.92. The van der Waals surface area contributed by atoms with Crippen molar-refractivity contribution in [3.8, 4) is 0 Å². The first kappa shape index (κ1) is 11.6. The number of hydrogen-bond acceptors (Lipinski definition) is 5. The maximum Gasteiger partial charge on any atom is 0.276 e. The van der Waals surface area contributed by atoms with Crippen LogP contribution in [0.1, 0.15) is 10.5 Å². The fourth-order valence-corrected chi connectivity index (χ4v) is 2.53. The molecule has 5 nitrogen and oxygen atoms in total. The van der Waals surface area contributed by atoms with E-state index in [9.17, 15) is 4.79 Å². The summed E-state index contributed by atoms with van der Waals surface area (Å²) in [6, 6.07) is 12.6. The Balaban J connectivity index is 1.86. The van der Waals surface area contributed by atoms with E-state index in [0.717, 1.165) is 10.2 Å². The SMILES string of the molecule is Nc1cccc(C(=O)Nc2nc3ccccc3s2)n1. The number of nitrogens with one attached hydrogen (secondary N) is 1. The predicted octanol–water partition coefficient (Wildman–Crippen LogP) is 2.53. The van der Waals surface area contributed by atoms with Crippen LogP contribution in [-0.4, -0.2) is 15.9 Å². The molecule has 1 aromatic carbocycles. The minimum absolute atomic E-state index is 0.277. The summed E-state index contributed by atoms with van der Waals surface area (Å²) in [5.74, 6) is 0.00306. The lowest BCUT2D eigenvalue weighted by atomic mass is 10.3. The number of nitrogen functional groups attached to an aromatic ring is 1. The van der Waals surface area contributed by atoms with Gasteiger partial charge in [0.2, 0.25) is 0 Å². The lowest BCUT2D eigenvalue weighted by Gasteiger charge is -2.01. The van der Waals surface area contributed by atoms with Gasteiger partial charge < -0.3 is 5.73 Å². The molecule has 3 N–H and O–H groups in total. The Labute approximate surface area is 113 Å². The quantitative estimate of drug-likeness (QED) is 0.749. The molecule has 1 amide bonds. The molecule has 0 aliphatic heterocycles. The summed E-state index contributed by atoms with van der Waals surface area (Å²) in [7, 11) is 0. The number of hydrogen-bond donors (Lipinski definition) is 2. The molecule has 0 aliphatic rings. The van der Waals surface area contributed by atoms with Crippen LogP contribution >= 0.6 is 11.3 Å². The van der Waals surface area contributed by atoms with Gasteiger partial charge in [-0.3, -0.25) is 10.1 Å². The molecule has 94 valence electrons. The Hall–Kier alpha value is -2.47. The van der Waals surface area contributed by atoms with Crippen molar-refractivity contribution in [2.75, 3.05) is 11.1 Å². The first-order chi connectivity index (χ1) is 9.22. The number of pyridine rings is 1. The van der Waals surface area contributed by atoms with E-state index in [4.69, 9.17) is 5.73 Å². The first-order valence-corrected chi connectivity index (χ1v) is 6.43. The Bertz CT molecular complexity index is 720. The van der Waals surface area contributed by atoms with E-state index in [0.29, 0.717) is 10.9 Å². The molecule has 0 radical (unpaired) electrons. The molecule has 0 spiro atoms. The largest absolute Gasteiger partial charge is 0.384 e. The number of nitrogens with zero attached hydrogens (tertiary/aromatic N) is 2. The fourth-order valence-electron chi connectivity index (χ4n) is 1.66. The van der Waals surface area contributed by atoms with Gasteiger partial charge in [-0.15, -0.1) is 0 Å². The lowest BCUT2D eigenvalue weighted by molar-refractivity contribution is 0.102. The van der Waals surface area contributed by atoms with Gasteiger partial charge >= 0.3 is 0 Å². The van der Waals surface area contributed by atoms with Gasteiger partial charge in [0.1, 0.15) is 11.5 Å². The van der Waals surface area contributed by atoms with Gasteiger partial charge in [0.15, 0.2) is 5.13 Å². The van der Waals surface area contributed by atoms with E-state index in [2.05, 4.69) is 15.3 Å². The van der Waals surface area contributed by atoms with E-state index >= 15 is 0 Å². The molecule has 0 fully saturated rings. The number of benzene rings is 1. The van der Waals surface area contributed by atoms with Crippen molar-refractivity contribution < 1.29 is 4.79 Å². The third-order valence-corrected chi connectivity index (χ3v) is 3.47. The third-order valence-electron chi connectivity index (χ3n) is 2.52. The molecule has 3 aromatic rings. The predicted molar refractivity (Wildman–Crippen MR) is 76.2 cm³/mol. The van der Waals surface area contributed by atoms with Gasteiger partial charge in [-0.2, -0.15) is 0 Å². The van der Waals surface area contributed by atoms with Crippen molar-refractivity contribution in [3.05, 3.63) is 48.2 Å². The average molecular weight is 270 g/mol. The van der Waals surface area contributed by atoms with Crippen LogP contribution in [-0.2, 0) is 0 Å². The van der Waals surface area contributed by atoms with Crippen LogP contribution < -0.4 is 11.1 Å². The monoisotopic (exact) mass is 270 g/mol. The number of nitrogens with two attached hydrogens (primary N) is 1. The molecule has 2 aromatic heterocycles. The molecular formula is C13H10N4OS. The highest BCUT2D eigenvalue weighted by atomic mass is 32.1. The van der Waals surface area contributed by atoms with Crippen molar-refractivity contribution >= 4 is 38.4 Å². The Morgan fingerprint density at radius 3 is 2.74 bits per heavy atom. The molecule has 2 heterocycles. The number of anilines is 2. The van der Waals surface area contributed by atoms with Crippen LogP contribution in [0.4, 0.5) is 10.9 Å².